The van der Waals surface area contributed by atoms with Crippen LogP contribution in [0.5, 0.6) is 0 Å². The molecular formula is C18H23FN4O. The molecule has 0 bridgehead atoms. The fraction of sp³-hybridized carbons (Fsp3) is 0.444. The number of hydrogen-bond donors (Lipinski definition) is 1. The number of aromatic nitrogens is 2. The Morgan fingerprint density at radius 2 is 2.12 bits per heavy atom. The van der Waals surface area contributed by atoms with Crippen molar-refractivity contribution >= 4 is 5.91 Å². The molecule has 0 radical (unpaired) electrons. The Morgan fingerprint density at radius 1 is 1.33 bits per heavy atom. The molecule has 1 aromatic heterocycles. The summed E-state index contributed by atoms with van der Waals surface area (Å²) in [7, 11) is 0. The number of aryl methyl sites for hydroxylation is 1. The number of halogens is 1. The largest absolute Gasteiger partial charge is 0.351 e. The van der Waals surface area contributed by atoms with Crippen molar-refractivity contribution in [1.82, 2.24) is 20.0 Å². The minimum atomic E-state index is -0.104. The summed E-state index contributed by atoms with van der Waals surface area (Å²) in [6.07, 6.45) is 0. The van der Waals surface area contributed by atoms with Crippen LogP contribution in [-0.2, 0) is 31.0 Å². The maximum Gasteiger partial charge on any atom is 0.217 e. The first kappa shape index (κ1) is 16.6. The summed E-state index contributed by atoms with van der Waals surface area (Å²) in [6.45, 7) is 8.79. The van der Waals surface area contributed by atoms with Crippen LogP contribution in [0.4, 0.5) is 4.39 Å². The van der Waals surface area contributed by atoms with Crippen LogP contribution in [0, 0.1) is 19.7 Å². The number of hydrogen-bond acceptors (Lipinski definition) is 3. The average Bonchev–Trinajstić information content (AvgIpc) is 2.96. The maximum absolute atomic E-state index is 14.1. The number of benzene rings is 1. The predicted molar refractivity (Wildman–Crippen MR) is 89.7 cm³/mol. The van der Waals surface area contributed by atoms with Gasteiger partial charge in [-0.2, -0.15) is 5.10 Å². The lowest BCUT2D eigenvalue weighted by Gasteiger charge is -2.28. The van der Waals surface area contributed by atoms with Crippen molar-refractivity contribution < 1.29 is 9.18 Å². The van der Waals surface area contributed by atoms with E-state index in [0.29, 0.717) is 12.1 Å². The first-order valence-corrected chi connectivity index (χ1v) is 8.21. The molecule has 0 fully saturated rings. The highest BCUT2D eigenvalue weighted by atomic mass is 19.1. The van der Waals surface area contributed by atoms with Crippen LogP contribution in [0.1, 0.15) is 35.0 Å². The topological polar surface area (TPSA) is 50.2 Å². The van der Waals surface area contributed by atoms with E-state index in [9.17, 15) is 9.18 Å². The van der Waals surface area contributed by atoms with Gasteiger partial charge in [0.05, 0.1) is 24.5 Å². The van der Waals surface area contributed by atoms with E-state index in [2.05, 4.69) is 15.3 Å². The third kappa shape index (κ3) is 3.48. The second-order valence-electron chi connectivity index (χ2n) is 6.45. The molecular weight excluding hydrogens is 307 g/mol. The number of carbonyl (C=O) groups excluding carboxylic acids is 1. The molecule has 24 heavy (non-hydrogen) atoms. The Labute approximate surface area is 141 Å². The summed E-state index contributed by atoms with van der Waals surface area (Å²) >= 11 is 0. The van der Waals surface area contributed by atoms with Gasteiger partial charge in [0.25, 0.3) is 0 Å². The molecule has 128 valence electrons. The van der Waals surface area contributed by atoms with E-state index in [1.165, 1.54) is 6.92 Å². The van der Waals surface area contributed by atoms with Crippen LogP contribution in [-0.4, -0.2) is 27.1 Å². The van der Waals surface area contributed by atoms with Crippen molar-refractivity contribution in [2.45, 2.75) is 47.0 Å². The van der Waals surface area contributed by atoms with Gasteiger partial charge in [0.2, 0.25) is 5.91 Å². The van der Waals surface area contributed by atoms with Gasteiger partial charge in [-0.25, -0.2) is 4.39 Å². The van der Waals surface area contributed by atoms with Crippen LogP contribution in [0.3, 0.4) is 0 Å². The molecule has 1 aromatic carbocycles. The van der Waals surface area contributed by atoms with E-state index < -0.39 is 0 Å². The lowest BCUT2D eigenvalue weighted by Crippen LogP contribution is -2.33. The van der Waals surface area contributed by atoms with E-state index in [0.717, 1.165) is 48.7 Å². The Kier molecular flexibility index (Phi) is 4.66. The summed E-state index contributed by atoms with van der Waals surface area (Å²) in [5, 5.41) is 7.29. The van der Waals surface area contributed by atoms with Crippen molar-refractivity contribution in [2.24, 2.45) is 0 Å². The number of nitrogens with one attached hydrogen (secondary N) is 1. The molecule has 1 amide bonds. The van der Waals surface area contributed by atoms with Gasteiger partial charge >= 0.3 is 0 Å². The normalized spacial score (nSPS) is 14.5. The average molecular weight is 330 g/mol. The number of carbonyl (C=O) groups is 1. The standard InChI is InChI=1S/C18H23FN4O/c1-12-4-5-15(13(2)18(12)19)10-22-6-7-23-17(11-22)8-16(21-23)9-20-14(3)24/h4-5,8H,6-7,9-11H2,1-3H3,(H,20,24). The Hall–Kier alpha value is -2.21. The Bertz CT molecular complexity index is 769. The van der Waals surface area contributed by atoms with E-state index in [1.54, 1.807) is 6.92 Å². The minimum absolute atomic E-state index is 0.0560. The SMILES string of the molecule is CC(=O)NCc1cc2n(n1)CCN(Cc1ccc(C)c(F)c1C)C2. The maximum atomic E-state index is 14.1. The lowest BCUT2D eigenvalue weighted by atomic mass is 10.0. The summed E-state index contributed by atoms with van der Waals surface area (Å²) in [5.74, 6) is -0.161. The second-order valence-corrected chi connectivity index (χ2v) is 6.45. The third-order valence-corrected chi connectivity index (χ3v) is 4.53. The van der Waals surface area contributed by atoms with Crippen LogP contribution in [0.25, 0.3) is 0 Å². The molecule has 1 N–H and O–H groups in total. The Balaban J connectivity index is 1.69. The fourth-order valence-electron chi connectivity index (χ4n) is 3.09. The molecule has 5 nitrogen and oxygen atoms in total. The van der Waals surface area contributed by atoms with E-state index in [1.807, 2.05) is 29.8 Å². The smallest absolute Gasteiger partial charge is 0.217 e. The highest BCUT2D eigenvalue weighted by molar-refractivity contribution is 5.72. The highest BCUT2D eigenvalue weighted by Gasteiger charge is 2.19. The van der Waals surface area contributed by atoms with Gasteiger partial charge in [-0.3, -0.25) is 14.4 Å². The van der Waals surface area contributed by atoms with Gasteiger partial charge in [-0.15, -0.1) is 0 Å². The van der Waals surface area contributed by atoms with Gasteiger partial charge < -0.3 is 5.32 Å². The zero-order valence-corrected chi connectivity index (χ0v) is 14.4. The molecule has 2 aromatic rings. The van der Waals surface area contributed by atoms with Crippen molar-refractivity contribution in [3.05, 3.63) is 52.1 Å². The van der Waals surface area contributed by atoms with Gasteiger partial charge in [0.15, 0.2) is 0 Å². The van der Waals surface area contributed by atoms with Gasteiger partial charge in [0.1, 0.15) is 5.82 Å². The zero-order valence-electron chi connectivity index (χ0n) is 14.4. The van der Waals surface area contributed by atoms with E-state index in [-0.39, 0.29) is 11.7 Å². The summed E-state index contributed by atoms with van der Waals surface area (Å²) in [6, 6.07) is 5.89. The van der Waals surface area contributed by atoms with Gasteiger partial charge in [0, 0.05) is 26.6 Å². The minimum Gasteiger partial charge on any atom is -0.351 e. The molecule has 6 heteroatoms. The molecule has 2 heterocycles. The van der Waals surface area contributed by atoms with Crippen molar-refractivity contribution in [2.75, 3.05) is 6.54 Å². The van der Waals surface area contributed by atoms with Crippen molar-refractivity contribution in [3.63, 3.8) is 0 Å². The quantitative estimate of drug-likeness (QED) is 0.936. The van der Waals surface area contributed by atoms with Crippen LogP contribution >= 0.6 is 0 Å². The number of rotatable bonds is 4. The molecule has 1 aliphatic heterocycles. The molecule has 1 aliphatic rings. The van der Waals surface area contributed by atoms with Crippen molar-refractivity contribution in [1.29, 1.82) is 0 Å². The molecule has 0 atom stereocenters. The lowest BCUT2D eigenvalue weighted by molar-refractivity contribution is -0.119. The highest BCUT2D eigenvalue weighted by Crippen LogP contribution is 2.21. The van der Waals surface area contributed by atoms with E-state index in [4.69, 9.17) is 0 Å². The summed E-state index contributed by atoms with van der Waals surface area (Å²) < 4.78 is 16.1. The summed E-state index contributed by atoms with van der Waals surface area (Å²) in [5.41, 5.74) is 4.46. The number of nitrogens with zero attached hydrogens (tertiary/aromatic N) is 3. The second kappa shape index (κ2) is 6.73. The zero-order chi connectivity index (χ0) is 17.3. The van der Waals surface area contributed by atoms with Crippen LogP contribution < -0.4 is 5.32 Å². The molecule has 0 aliphatic carbocycles. The van der Waals surface area contributed by atoms with E-state index >= 15 is 0 Å². The number of amides is 1. The molecule has 3 rings (SSSR count). The molecule has 0 spiro atoms. The predicted octanol–water partition coefficient (Wildman–Crippen LogP) is 2.29. The monoisotopic (exact) mass is 330 g/mol. The molecule has 0 saturated heterocycles. The Morgan fingerprint density at radius 3 is 2.88 bits per heavy atom. The van der Waals surface area contributed by atoms with Gasteiger partial charge in [-0.05, 0) is 36.6 Å². The van der Waals surface area contributed by atoms with Crippen molar-refractivity contribution in [3.8, 4) is 0 Å². The van der Waals surface area contributed by atoms with Crippen LogP contribution in [0.15, 0.2) is 18.2 Å². The fourth-order valence-corrected chi connectivity index (χ4v) is 3.09. The first-order valence-electron chi connectivity index (χ1n) is 8.21. The third-order valence-electron chi connectivity index (χ3n) is 4.53. The first-order chi connectivity index (χ1) is 11.4. The molecule has 0 saturated carbocycles. The number of fused-ring (bicyclic) bond motifs is 1. The van der Waals surface area contributed by atoms with Gasteiger partial charge in [-0.1, -0.05) is 12.1 Å². The molecule has 0 unspecified atom stereocenters. The van der Waals surface area contributed by atoms with Crippen LogP contribution in [0.2, 0.25) is 0 Å². The summed E-state index contributed by atoms with van der Waals surface area (Å²) in [4.78, 5) is 13.3.